The number of carbonyl (C=O) groups excluding carboxylic acids is 1. The Bertz CT molecular complexity index is 1410. The Morgan fingerprint density at radius 2 is 1.45 bits per heavy atom. The van der Waals surface area contributed by atoms with Crippen LogP contribution in [-0.4, -0.2) is 54.3 Å². The summed E-state index contributed by atoms with van der Waals surface area (Å²) in [6.07, 6.45) is 0. The van der Waals surface area contributed by atoms with Crippen molar-refractivity contribution in [2.45, 2.75) is 32.6 Å². The fourth-order valence-corrected chi connectivity index (χ4v) is 6.58. The molecule has 0 unspecified atom stereocenters. The number of hydrogen-bond acceptors (Lipinski definition) is 4. The number of para-hydroxylation sites is 1. The van der Waals surface area contributed by atoms with Gasteiger partial charge in [-0.05, 0) is 56.0 Å². The highest BCUT2D eigenvalue weighted by atomic mass is 32.2. The van der Waals surface area contributed by atoms with E-state index in [4.69, 9.17) is 0 Å². The van der Waals surface area contributed by atoms with Gasteiger partial charge in [-0.25, -0.2) is 8.42 Å². The molecule has 1 aliphatic rings. The summed E-state index contributed by atoms with van der Waals surface area (Å²) >= 11 is 0. The Morgan fingerprint density at radius 3 is 2.06 bits per heavy atom. The third-order valence-electron chi connectivity index (χ3n) is 6.81. The molecule has 0 bridgehead atoms. The van der Waals surface area contributed by atoms with Crippen LogP contribution in [0.2, 0.25) is 0 Å². The van der Waals surface area contributed by atoms with Crippen LogP contribution in [0.3, 0.4) is 0 Å². The van der Waals surface area contributed by atoms with Gasteiger partial charge in [-0.3, -0.25) is 9.59 Å². The van der Waals surface area contributed by atoms with Crippen LogP contribution in [0.1, 0.15) is 32.6 Å². The minimum absolute atomic E-state index is 0.211. The van der Waals surface area contributed by atoms with E-state index in [2.05, 4.69) is 0 Å². The highest BCUT2D eigenvalue weighted by Crippen LogP contribution is 2.29. The fourth-order valence-electron chi connectivity index (χ4n) is 4.59. The monoisotopic (exact) mass is 467 g/mol. The Morgan fingerprint density at radius 1 is 0.879 bits per heavy atom. The summed E-state index contributed by atoms with van der Waals surface area (Å²) in [5.41, 5.74) is 4.22. The van der Waals surface area contributed by atoms with Gasteiger partial charge in [-0.15, -0.1) is 0 Å². The van der Waals surface area contributed by atoms with E-state index >= 15 is 0 Å². The summed E-state index contributed by atoms with van der Waals surface area (Å²) < 4.78 is 30.0. The Labute approximate surface area is 194 Å². The molecular weight excluding hydrogens is 438 g/mol. The topological polar surface area (TPSA) is 79.7 Å². The van der Waals surface area contributed by atoms with Gasteiger partial charge in [-0.2, -0.15) is 4.31 Å². The molecule has 1 aromatic heterocycles. The second-order valence-corrected chi connectivity index (χ2v) is 10.6. The third-order valence-corrected chi connectivity index (χ3v) is 8.98. The lowest BCUT2D eigenvalue weighted by Crippen LogP contribution is -2.50. The van der Waals surface area contributed by atoms with Gasteiger partial charge < -0.3 is 9.47 Å². The Balaban J connectivity index is 1.61. The number of piperazine rings is 1. The summed E-state index contributed by atoms with van der Waals surface area (Å²) in [6.45, 7) is 8.49. The van der Waals surface area contributed by atoms with Crippen LogP contribution in [0.25, 0.3) is 10.9 Å². The maximum absolute atomic E-state index is 13.5. The average Bonchev–Trinajstić information content (AvgIpc) is 2.80. The molecule has 1 amide bonds. The minimum atomic E-state index is -3.69. The minimum Gasteiger partial charge on any atom is -0.336 e. The van der Waals surface area contributed by atoms with Crippen molar-refractivity contribution in [2.24, 2.45) is 7.05 Å². The second-order valence-electron chi connectivity index (χ2n) is 8.76. The molecule has 3 aromatic rings. The van der Waals surface area contributed by atoms with Gasteiger partial charge in [-0.1, -0.05) is 24.3 Å². The molecule has 8 heteroatoms. The van der Waals surface area contributed by atoms with Gasteiger partial charge in [0.25, 0.3) is 11.5 Å². The molecule has 7 nitrogen and oxygen atoms in total. The van der Waals surface area contributed by atoms with E-state index in [9.17, 15) is 18.0 Å². The average molecular weight is 468 g/mol. The molecule has 0 radical (unpaired) electrons. The summed E-state index contributed by atoms with van der Waals surface area (Å²) in [5.74, 6) is -0.250. The molecule has 4 rings (SSSR count). The molecule has 0 saturated carbocycles. The van der Waals surface area contributed by atoms with Crippen molar-refractivity contribution in [3.63, 3.8) is 0 Å². The molecular formula is C25H29N3O4S. The maximum atomic E-state index is 13.5. The first-order valence-electron chi connectivity index (χ1n) is 11.0. The van der Waals surface area contributed by atoms with Crippen LogP contribution in [0.15, 0.2) is 46.1 Å². The number of rotatable bonds is 3. The molecule has 1 aliphatic heterocycles. The van der Waals surface area contributed by atoms with Crippen molar-refractivity contribution in [1.29, 1.82) is 0 Å². The molecule has 0 atom stereocenters. The Hall–Kier alpha value is -2.97. The van der Waals surface area contributed by atoms with Crippen molar-refractivity contribution in [1.82, 2.24) is 13.8 Å². The van der Waals surface area contributed by atoms with Gasteiger partial charge in [0.1, 0.15) is 0 Å². The number of benzene rings is 2. The van der Waals surface area contributed by atoms with Crippen LogP contribution >= 0.6 is 0 Å². The fraction of sp³-hybridized carbons (Fsp3) is 0.360. The third kappa shape index (κ3) is 3.87. The van der Waals surface area contributed by atoms with Crippen molar-refractivity contribution in [3.05, 3.63) is 74.6 Å². The molecule has 2 aromatic carbocycles. The van der Waals surface area contributed by atoms with E-state index < -0.39 is 10.0 Å². The van der Waals surface area contributed by atoms with Crippen molar-refractivity contribution >= 4 is 26.8 Å². The first-order valence-corrected chi connectivity index (χ1v) is 12.4. The van der Waals surface area contributed by atoms with Crippen molar-refractivity contribution < 1.29 is 13.2 Å². The number of nitrogens with zero attached hydrogens (tertiary/aromatic N) is 3. The van der Waals surface area contributed by atoms with Crippen LogP contribution in [0.4, 0.5) is 0 Å². The largest absolute Gasteiger partial charge is 0.336 e. The first kappa shape index (κ1) is 23.2. The van der Waals surface area contributed by atoms with E-state index in [-0.39, 0.29) is 37.6 Å². The van der Waals surface area contributed by atoms with Crippen molar-refractivity contribution in [3.8, 4) is 0 Å². The van der Waals surface area contributed by atoms with Crippen LogP contribution in [0, 0.1) is 27.7 Å². The summed E-state index contributed by atoms with van der Waals surface area (Å²) in [5, 5.41) is 0.709. The van der Waals surface area contributed by atoms with Gasteiger partial charge >= 0.3 is 0 Å². The zero-order chi connectivity index (χ0) is 24.1. The highest BCUT2D eigenvalue weighted by Gasteiger charge is 2.33. The number of aromatic nitrogens is 1. The summed E-state index contributed by atoms with van der Waals surface area (Å²) in [6, 6.07) is 10.7. The van der Waals surface area contributed by atoms with Crippen LogP contribution in [-0.2, 0) is 17.1 Å². The van der Waals surface area contributed by atoms with E-state index in [1.54, 1.807) is 11.9 Å². The lowest BCUT2D eigenvalue weighted by atomic mass is 10.0. The number of amides is 1. The molecule has 1 fully saturated rings. The predicted molar refractivity (Wildman–Crippen MR) is 129 cm³/mol. The SMILES string of the molecule is Cc1cc(C)c(C)c(S(=O)(=O)N2CCN(C(=O)c3cc(=O)n(C)c4ccccc34)CC2)c1C. The number of carbonyl (C=O) groups is 1. The second kappa shape index (κ2) is 8.43. The van der Waals surface area contributed by atoms with E-state index in [0.29, 0.717) is 21.4 Å². The summed E-state index contributed by atoms with van der Waals surface area (Å²) in [4.78, 5) is 27.7. The van der Waals surface area contributed by atoms with Crippen molar-refractivity contribution in [2.75, 3.05) is 26.2 Å². The van der Waals surface area contributed by atoms with Crippen LogP contribution in [0.5, 0.6) is 0 Å². The molecule has 0 aliphatic carbocycles. The summed E-state index contributed by atoms with van der Waals surface area (Å²) in [7, 11) is -2.01. The zero-order valence-corrected chi connectivity index (χ0v) is 20.5. The van der Waals surface area contributed by atoms with Crippen LogP contribution < -0.4 is 5.56 Å². The maximum Gasteiger partial charge on any atom is 0.254 e. The number of hydrogen-bond donors (Lipinski definition) is 0. The van der Waals surface area contributed by atoms with Gasteiger partial charge in [0.2, 0.25) is 10.0 Å². The quantitative estimate of drug-likeness (QED) is 0.593. The van der Waals surface area contributed by atoms with E-state index in [1.165, 1.54) is 14.9 Å². The molecule has 0 spiro atoms. The predicted octanol–water partition coefficient (Wildman–Crippen LogP) is 2.92. The number of sulfonamides is 1. The molecule has 33 heavy (non-hydrogen) atoms. The molecule has 174 valence electrons. The molecule has 0 N–H and O–H groups in total. The highest BCUT2D eigenvalue weighted by molar-refractivity contribution is 7.89. The zero-order valence-electron chi connectivity index (χ0n) is 19.7. The number of fused-ring (bicyclic) bond motifs is 1. The lowest BCUT2D eigenvalue weighted by molar-refractivity contribution is 0.0699. The number of pyridine rings is 1. The van der Waals surface area contributed by atoms with E-state index in [0.717, 1.165) is 22.3 Å². The van der Waals surface area contributed by atoms with Gasteiger partial charge in [0, 0.05) is 44.7 Å². The number of aryl methyl sites for hydroxylation is 3. The van der Waals surface area contributed by atoms with Gasteiger partial charge in [0.05, 0.1) is 16.0 Å². The Kier molecular flexibility index (Phi) is 5.92. The normalized spacial score (nSPS) is 15.2. The molecule has 1 saturated heterocycles. The molecule has 2 heterocycles. The lowest BCUT2D eigenvalue weighted by Gasteiger charge is -2.35. The first-order chi connectivity index (χ1) is 15.5. The smallest absolute Gasteiger partial charge is 0.254 e. The standard InChI is InChI=1S/C25H29N3O4S/c1-16-14-17(2)19(4)24(18(16)3)33(31,32)28-12-10-27(11-13-28)25(30)21-15-23(29)26(5)22-9-7-6-8-20(21)22/h6-9,14-15H,10-13H2,1-5H3. The van der Waals surface area contributed by atoms with Gasteiger partial charge in [0.15, 0.2) is 0 Å². The van der Waals surface area contributed by atoms with E-state index in [1.807, 2.05) is 58.0 Å².